The van der Waals surface area contributed by atoms with Gasteiger partial charge in [-0.15, -0.1) is 0 Å². The number of nitrogens with zero attached hydrogens (tertiary/aromatic N) is 2. The molecule has 0 atom stereocenters. The lowest BCUT2D eigenvalue weighted by atomic mass is 10.2. The van der Waals surface area contributed by atoms with Crippen molar-refractivity contribution in [2.45, 2.75) is 6.92 Å². The monoisotopic (exact) mass is 284 g/mol. The standard InChI is InChI=1S/C15H9ClN2O2/c1-9-8-18-14(16)6-12(9)20-15-10-4-2-3-5-11(10)19-13(15)7-17/h2-6,8H,1H3. The van der Waals surface area contributed by atoms with Crippen LogP contribution in [-0.4, -0.2) is 4.98 Å². The summed E-state index contributed by atoms with van der Waals surface area (Å²) in [7, 11) is 0. The SMILES string of the molecule is Cc1cnc(Cl)cc1Oc1c(C#N)oc2ccccc12. The lowest BCUT2D eigenvalue weighted by Crippen LogP contribution is -1.90. The summed E-state index contributed by atoms with van der Waals surface area (Å²) in [6.07, 6.45) is 1.62. The summed E-state index contributed by atoms with van der Waals surface area (Å²) >= 11 is 5.87. The van der Waals surface area contributed by atoms with Crippen LogP contribution in [0.3, 0.4) is 0 Å². The van der Waals surface area contributed by atoms with Gasteiger partial charge in [-0.25, -0.2) is 4.98 Å². The quantitative estimate of drug-likeness (QED) is 0.652. The molecule has 0 spiro atoms. The smallest absolute Gasteiger partial charge is 0.247 e. The molecule has 0 aliphatic carbocycles. The molecular weight excluding hydrogens is 276 g/mol. The van der Waals surface area contributed by atoms with Crippen molar-refractivity contribution < 1.29 is 9.15 Å². The highest BCUT2D eigenvalue weighted by Gasteiger charge is 2.17. The minimum absolute atomic E-state index is 0.138. The first-order valence-corrected chi connectivity index (χ1v) is 6.28. The molecule has 98 valence electrons. The maximum absolute atomic E-state index is 9.16. The van der Waals surface area contributed by atoms with Gasteiger partial charge in [0.05, 0.1) is 5.39 Å². The van der Waals surface area contributed by atoms with E-state index in [-0.39, 0.29) is 5.76 Å². The zero-order valence-electron chi connectivity index (χ0n) is 10.6. The van der Waals surface area contributed by atoms with Crippen LogP contribution in [0.4, 0.5) is 0 Å². The van der Waals surface area contributed by atoms with Crippen LogP contribution in [0.5, 0.6) is 11.5 Å². The van der Waals surface area contributed by atoms with E-state index in [9.17, 15) is 0 Å². The molecule has 20 heavy (non-hydrogen) atoms. The highest BCUT2D eigenvalue weighted by Crippen LogP contribution is 2.37. The summed E-state index contributed by atoms with van der Waals surface area (Å²) in [5, 5.41) is 10.2. The molecule has 3 aromatic rings. The van der Waals surface area contributed by atoms with Crippen molar-refractivity contribution in [3.63, 3.8) is 0 Å². The minimum atomic E-state index is 0.138. The number of aromatic nitrogens is 1. The number of hydrogen-bond acceptors (Lipinski definition) is 4. The van der Waals surface area contributed by atoms with Crippen LogP contribution in [0.2, 0.25) is 5.15 Å². The number of nitriles is 1. The van der Waals surface area contributed by atoms with E-state index >= 15 is 0 Å². The Morgan fingerprint density at radius 2 is 2.15 bits per heavy atom. The maximum atomic E-state index is 9.16. The molecule has 1 aromatic carbocycles. The predicted molar refractivity (Wildman–Crippen MR) is 75.0 cm³/mol. The number of ether oxygens (including phenoxy) is 1. The average molecular weight is 285 g/mol. The fourth-order valence-corrected chi connectivity index (χ4v) is 2.05. The van der Waals surface area contributed by atoms with Gasteiger partial charge in [-0.3, -0.25) is 0 Å². The Labute approximate surface area is 120 Å². The van der Waals surface area contributed by atoms with Crippen molar-refractivity contribution in [3.8, 4) is 17.6 Å². The number of benzene rings is 1. The van der Waals surface area contributed by atoms with E-state index in [1.807, 2.05) is 31.2 Å². The van der Waals surface area contributed by atoms with Gasteiger partial charge in [0, 0.05) is 17.8 Å². The molecule has 5 heteroatoms. The molecule has 0 aliphatic heterocycles. The van der Waals surface area contributed by atoms with Crippen molar-refractivity contribution in [2.24, 2.45) is 0 Å². The summed E-state index contributed by atoms with van der Waals surface area (Å²) < 4.78 is 11.3. The second kappa shape index (κ2) is 4.87. The van der Waals surface area contributed by atoms with Crippen molar-refractivity contribution >= 4 is 22.6 Å². The Morgan fingerprint density at radius 3 is 2.95 bits per heavy atom. The van der Waals surface area contributed by atoms with Crippen LogP contribution in [0.1, 0.15) is 11.3 Å². The highest BCUT2D eigenvalue weighted by molar-refractivity contribution is 6.29. The predicted octanol–water partition coefficient (Wildman–Crippen LogP) is 4.45. The number of pyridine rings is 1. The molecule has 0 saturated carbocycles. The van der Waals surface area contributed by atoms with E-state index in [1.165, 1.54) is 0 Å². The van der Waals surface area contributed by atoms with Crippen LogP contribution in [0.15, 0.2) is 40.9 Å². The number of rotatable bonds is 2. The van der Waals surface area contributed by atoms with Gasteiger partial charge in [0.15, 0.2) is 5.75 Å². The lowest BCUT2D eigenvalue weighted by molar-refractivity contribution is 0.463. The number of halogens is 1. The molecule has 2 aromatic heterocycles. The van der Waals surface area contributed by atoms with Crippen LogP contribution in [0.25, 0.3) is 11.0 Å². The van der Waals surface area contributed by atoms with Gasteiger partial charge in [0.25, 0.3) is 0 Å². The Hall–Kier alpha value is -2.51. The van der Waals surface area contributed by atoms with Gasteiger partial charge in [0.1, 0.15) is 22.6 Å². The van der Waals surface area contributed by atoms with Crippen molar-refractivity contribution in [2.75, 3.05) is 0 Å². The van der Waals surface area contributed by atoms with Gasteiger partial charge < -0.3 is 9.15 Å². The molecule has 0 N–H and O–H groups in total. The summed E-state index contributed by atoms with van der Waals surface area (Å²) in [6, 6.07) is 10.9. The van der Waals surface area contributed by atoms with Gasteiger partial charge in [-0.2, -0.15) is 5.26 Å². The van der Waals surface area contributed by atoms with E-state index in [1.54, 1.807) is 18.3 Å². The van der Waals surface area contributed by atoms with Crippen LogP contribution in [0, 0.1) is 18.3 Å². The second-order valence-electron chi connectivity index (χ2n) is 4.24. The molecule has 3 rings (SSSR count). The van der Waals surface area contributed by atoms with Crippen molar-refractivity contribution in [3.05, 3.63) is 53.0 Å². The summed E-state index contributed by atoms with van der Waals surface area (Å²) in [5.74, 6) is 1.08. The fourth-order valence-electron chi connectivity index (χ4n) is 1.90. The van der Waals surface area contributed by atoms with Gasteiger partial charge in [-0.1, -0.05) is 23.7 Å². The van der Waals surface area contributed by atoms with Crippen molar-refractivity contribution in [1.29, 1.82) is 5.26 Å². The largest absolute Gasteiger partial charge is 0.451 e. The van der Waals surface area contributed by atoms with Crippen molar-refractivity contribution in [1.82, 2.24) is 4.98 Å². The minimum Gasteiger partial charge on any atom is -0.451 e. The lowest BCUT2D eigenvalue weighted by Gasteiger charge is -2.07. The molecule has 0 fully saturated rings. The molecule has 0 radical (unpaired) electrons. The fraction of sp³-hybridized carbons (Fsp3) is 0.0667. The van der Waals surface area contributed by atoms with Gasteiger partial charge in [-0.05, 0) is 19.1 Å². The summed E-state index contributed by atoms with van der Waals surface area (Å²) in [4.78, 5) is 3.97. The molecular formula is C15H9ClN2O2. The summed E-state index contributed by atoms with van der Waals surface area (Å²) in [5.41, 5.74) is 1.43. The molecule has 4 nitrogen and oxygen atoms in total. The third-order valence-corrected chi connectivity index (χ3v) is 3.09. The van der Waals surface area contributed by atoms with Gasteiger partial charge >= 0.3 is 0 Å². The zero-order chi connectivity index (χ0) is 14.1. The Morgan fingerprint density at radius 1 is 1.35 bits per heavy atom. The Balaban J connectivity index is 2.15. The van der Waals surface area contributed by atoms with E-state index in [2.05, 4.69) is 4.98 Å². The van der Waals surface area contributed by atoms with Gasteiger partial charge in [0.2, 0.25) is 5.76 Å². The molecule has 0 saturated heterocycles. The summed E-state index contributed by atoms with van der Waals surface area (Å²) in [6.45, 7) is 1.85. The highest BCUT2D eigenvalue weighted by atomic mass is 35.5. The number of aryl methyl sites for hydroxylation is 1. The maximum Gasteiger partial charge on any atom is 0.247 e. The van der Waals surface area contributed by atoms with E-state index < -0.39 is 0 Å². The van der Waals surface area contributed by atoms with E-state index in [0.29, 0.717) is 22.2 Å². The molecule has 0 amide bonds. The first-order chi connectivity index (χ1) is 9.69. The zero-order valence-corrected chi connectivity index (χ0v) is 11.3. The number of furan rings is 1. The molecule has 2 heterocycles. The average Bonchev–Trinajstić information content (AvgIpc) is 2.81. The molecule has 0 aliphatic rings. The second-order valence-corrected chi connectivity index (χ2v) is 4.63. The Kier molecular flexibility index (Phi) is 3.05. The first-order valence-electron chi connectivity index (χ1n) is 5.90. The molecule has 0 unspecified atom stereocenters. The van der Waals surface area contributed by atoms with E-state index in [4.69, 9.17) is 26.0 Å². The first kappa shape index (κ1) is 12.5. The number of para-hydroxylation sites is 1. The topological polar surface area (TPSA) is 59.0 Å². The molecule has 0 bridgehead atoms. The third kappa shape index (κ3) is 2.09. The van der Waals surface area contributed by atoms with Crippen LogP contribution < -0.4 is 4.74 Å². The normalized spacial score (nSPS) is 10.4. The number of fused-ring (bicyclic) bond motifs is 1. The third-order valence-electron chi connectivity index (χ3n) is 2.88. The number of hydrogen-bond donors (Lipinski definition) is 0. The van der Waals surface area contributed by atoms with E-state index in [0.717, 1.165) is 10.9 Å². The Bertz CT molecular complexity index is 833. The van der Waals surface area contributed by atoms with Crippen LogP contribution in [-0.2, 0) is 0 Å². The van der Waals surface area contributed by atoms with Crippen LogP contribution >= 0.6 is 11.6 Å².